The molecule has 0 atom stereocenters. The summed E-state index contributed by atoms with van der Waals surface area (Å²) in [6.45, 7) is 0. The molecule has 2 aromatic rings. The normalized spacial score (nSPS) is 10.7. The number of amides is 1. The summed E-state index contributed by atoms with van der Waals surface area (Å²) < 4.78 is 13.5. The standard InChI is InChI=1S/C14H9BrFN5O/c15-10-7-19-14(20-8-10)18-6-9(5-17)13(22)21-12-3-1-11(16)2-4-12/h1-4,6-8H,(H,21,22)(H,18,19,20)/b9-6-. The van der Waals surface area contributed by atoms with Crippen LogP contribution in [0.2, 0.25) is 0 Å². The number of halogens is 2. The Morgan fingerprint density at radius 3 is 2.50 bits per heavy atom. The van der Waals surface area contributed by atoms with Crippen molar-refractivity contribution in [1.29, 1.82) is 5.26 Å². The van der Waals surface area contributed by atoms with Gasteiger partial charge >= 0.3 is 0 Å². The van der Waals surface area contributed by atoms with E-state index in [-0.39, 0.29) is 11.5 Å². The second-order valence-corrected chi connectivity index (χ2v) is 4.92. The van der Waals surface area contributed by atoms with Crippen LogP contribution in [0.1, 0.15) is 0 Å². The molecule has 0 radical (unpaired) electrons. The topological polar surface area (TPSA) is 90.7 Å². The van der Waals surface area contributed by atoms with E-state index in [2.05, 4.69) is 36.5 Å². The van der Waals surface area contributed by atoms with Gasteiger partial charge in [0.25, 0.3) is 5.91 Å². The highest BCUT2D eigenvalue weighted by Crippen LogP contribution is 2.10. The molecule has 1 aromatic heterocycles. The number of anilines is 2. The van der Waals surface area contributed by atoms with Gasteiger partial charge in [-0.25, -0.2) is 14.4 Å². The van der Waals surface area contributed by atoms with E-state index >= 15 is 0 Å². The van der Waals surface area contributed by atoms with Crippen LogP contribution in [0.3, 0.4) is 0 Å². The van der Waals surface area contributed by atoms with Crippen molar-refractivity contribution >= 4 is 33.5 Å². The lowest BCUT2D eigenvalue weighted by Gasteiger charge is -2.04. The Morgan fingerprint density at radius 2 is 1.91 bits per heavy atom. The first kappa shape index (κ1) is 15.6. The van der Waals surface area contributed by atoms with Crippen molar-refractivity contribution in [1.82, 2.24) is 9.97 Å². The number of nitrogens with one attached hydrogen (secondary N) is 2. The van der Waals surface area contributed by atoms with Crippen molar-refractivity contribution in [3.8, 4) is 6.07 Å². The minimum absolute atomic E-state index is 0.171. The summed E-state index contributed by atoms with van der Waals surface area (Å²) in [7, 11) is 0. The Hall–Kier alpha value is -2.79. The Morgan fingerprint density at radius 1 is 1.27 bits per heavy atom. The third-order valence-electron chi connectivity index (χ3n) is 2.43. The molecular formula is C14H9BrFN5O. The van der Waals surface area contributed by atoms with Gasteiger partial charge in [0.15, 0.2) is 0 Å². The van der Waals surface area contributed by atoms with Gasteiger partial charge < -0.3 is 10.6 Å². The van der Waals surface area contributed by atoms with Gasteiger partial charge in [0.2, 0.25) is 5.95 Å². The van der Waals surface area contributed by atoms with E-state index in [0.717, 1.165) is 0 Å². The summed E-state index contributed by atoms with van der Waals surface area (Å²) in [6, 6.07) is 6.97. The zero-order valence-electron chi connectivity index (χ0n) is 11.0. The molecule has 0 aliphatic heterocycles. The van der Waals surface area contributed by atoms with Gasteiger partial charge in [-0.05, 0) is 40.2 Å². The zero-order chi connectivity index (χ0) is 15.9. The largest absolute Gasteiger partial charge is 0.329 e. The molecule has 110 valence electrons. The van der Waals surface area contributed by atoms with E-state index in [1.807, 2.05) is 0 Å². The first-order valence-electron chi connectivity index (χ1n) is 6.00. The van der Waals surface area contributed by atoms with Crippen LogP contribution in [0.25, 0.3) is 0 Å². The maximum Gasteiger partial charge on any atom is 0.267 e. The number of carbonyl (C=O) groups is 1. The Labute approximate surface area is 133 Å². The van der Waals surface area contributed by atoms with Gasteiger partial charge in [0.05, 0.1) is 4.47 Å². The molecule has 1 heterocycles. The number of hydrogen-bond donors (Lipinski definition) is 2. The first-order chi connectivity index (χ1) is 10.6. The van der Waals surface area contributed by atoms with Gasteiger partial charge in [-0.2, -0.15) is 5.26 Å². The SMILES string of the molecule is N#C/C(=C/Nc1ncc(Br)cn1)C(=O)Nc1ccc(F)cc1. The van der Waals surface area contributed by atoms with E-state index in [4.69, 9.17) is 5.26 Å². The smallest absolute Gasteiger partial charge is 0.267 e. The van der Waals surface area contributed by atoms with Crippen LogP contribution >= 0.6 is 15.9 Å². The summed E-state index contributed by atoms with van der Waals surface area (Å²) >= 11 is 3.19. The van der Waals surface area contributed by atoms with Gasteiger partial charge in [0.1, 0.15) is 17.5 Å². The third-order valence-corrected chi connectivity index (χ3v) is 2.84. The summed E-state index contributed by atoms with van der Waals surface area (Å²) in [5.74, 6) is -0.799. The molecule has 0 bridgehead atoms. The van der Waals surface area contributed by atoms with Gasteiger partial charge in [-0.15, -0.1) is 0 Å². The molecule has 0 aliphatic rings. The lowest BCUT2D eigenvalue weighted by atomic mass is 10.2. The second-order valence-electron chi connectivity index (χ2n) is 4.00. The average Bonchev–Trinajstić information content (AvgIpc) is 2.52. The molecule has 6 nitrogen and oxygen atoms in total. The number of nitriles is 1. The molecule has 1 amide bonds. The molecule has 0 fully saturated rings. The van der Waals surface area contributed by atoms with Gasteiger partial charge in [0, 0.05) is 24.3 Å². The number of nitrogens with zero attached hydrogens (tertiary/aromatic N) is 3. The number of aromatic nitrogens is 2. The van der Waals surface area contributed by atoms with Crippen LogP contribution in [0, 0.1) is 17.1 Å². The quantitative estimate of drug-likeness (QED) is 0.645. The minimum atomic E-state index is -0.626. The molecule has 2 N–H and O–H groups in total. The summed E-state index contributed by atoms with van der Waals surface area (Å²) in [6.07, 6.45) is 4.24. The van der Waals surface area contributed by atoms with Crippen LogP contribution < -0.4 is 10.6 Å². The molecule has 0 saturated heterocycles. The van der Waals surface area contributed by atoms with E-state index in [0.29, 0.717) is 10.2 Å². The number of benzene rings is 1. The van der Waals surface area contributed by atoms with Crippen LogP contribution in [-0.2, 0) is 4.79 Å². The lowest BCUT2D eigenvalue weighted by molar-refractivity contribution is -0.112. The fourth-order valence-corrected chi connectivity index (χ4v) is 1.61. The van der Waals surface area contributed by atoms with Gasteiger partial charge in [-0.1, -0.05) is 0 Å². The molecule has 22 heavy (non-hydrogen) atoms. The average molecular weight is 362 g/mol. The highest BCUT2D eigenvalue weighted by atomic mass is 79.9. The first-order valence-corrected chi connectivity index (χ1v) is 6.79. The van der Waals surface area contributed by atoms with Crippen molar-refractivity contribution in [3.63, 3.8) is 0 Å². The number of carbonyl (C=O) groups excluding carboxylic acids is 1. The van der Waals surface area contributed by atoms with Crippen molar-refractivity contribution in [2.75, 3.05) is 10.6 Å². The molecule has 1 aromatic carbocycles. The Balaban J connectivity index is 2.05. The predicted octanol–water partition coefficient (Wildman–Crippen LogP) is 2.84. The number of rotatable bonds is 4. The molecule has 0 saturated carbocycles. The van der Waals surface area contributed by atoms with Gasteiger partial charge in [-0.3, -0.25) is 4.79 Å². The Kier molecular flexibility index (Phi) is 5.16. The van der Waals surface area contributed by atoms with E-state index in [1.54, 1.807) is 6.07 Å². The predicted molar refractivity (Wildman–Crippen MR) is 82.1 cm³/mol. The molecule has 0 unspecified atom stereocenters. The van der Waals surface area contributed by atoms with Crippen molar-refractivity contribution in [2.45, 2.75) is 0 Å². The molecule has 0 spiro atoms. The van der Waals surface area contributed by atoms with Crippen molar-refractivity contribution in [2.24, 2.45) is 0 Å². The van der Waals surface area contributed by atoms with Crippen molar-refractivity contribution < 1.29 is 9.18 Å². The van der Waals surface area contributed by atoms with E-state index in [1.165, 1.54) is 42.9 Å². The van der Waals surface area contributed by atoms with E-state index < -0.39 is 11.7 Å². The molecule has 2 rings (SSSR count). The Bertz CT molecular complexity index is 737. The van der Waals surface area contributed by atoms with Crippen LogP contribution in [0.4, 0.5) is 16.0 Å². The number of hydrogen-bond acceptors (Lipinski definition) is 5. The molecule has 8 heteroatoms. The fraction of sp³-hybridized carbons (Fsp3) is 0. The third kappa shape index (κ3) is 4.36. The maximum absolute atomic E-state index is 12.8. The second kappa shape index (κ2) is 7.28. The van der Waals surface area contributed by atoms with Crippen LogP contribution in [0.15, 0.2) is 52.9 Å². The maximum atomic E-state index is 12.8. The van der Waals surface area contributed by atoms with Crippen LogP contribution in [-0.4, -0.2) is 15.9 Å². The zero-order valence-corrected chi connectivity index (χ0v) is 12.6. The molecule has 0 aliphatic carbocycles. The van der Waals surface area contributed by atoms with Crippen molar-refractivity contribution in [3.05, 3.63) is 58.7 Å². The summed E-state index contributed by atoms with van der Waals surface area (Å²) in [5.41, 5.74) is 0.211. The summed E-state index contributed by atoms with van der Waals surface area (Å²) in [4.78, 5) is 19.8. The molecular weight excluding hydrogens is 353 g/mol. The van der Waals surface area contributed by atoms with E-state index in [9.17, 15) is 9.18 Å². The highest BCUT2D eigenvalue weighted by Gasteiger charge is 2.09. The lowest BCUT2D eigenvalue weighted by Crippen LogP contribution is -2.14. The summed E-state index contributed by atoms with van der Waals surface area (Å²) in [5, 5.41) is 14.1. The minimum Gasteiger partial charge on any atom is -0.329 e. The van der Waals surface area contributed by atoms with Crippen LogP contribution in [0.5, 0.6) is 0 Å². The fourth-order valence-electron chi connectivity index (χ4n) is 1.40. The highest BCUT2D eigenvalue weighted by molar-refractivity contribution is 9.10. The monoisotopic (exact) mass is 361 g/mol.